The number of benzene rings is 6. The summed E-state index contributed by atoms with van der Waals surface area (Å²) in [5.41, 5.74) is 16.6. The van der Waals surface area contributed by atoms with Gasteiger partial charge >= 0.3 is 18.2 Å². The van der Waals surface area contributed by atoms with E-state index >= 15 is 0 Å². The van der Waals surface area contributed by atoms with Crippen molar-refractivity contribution in [3.8, 4) is 0 Å². The molecule has 616 valence electrons. The third kappa shape index (κ3) is 44.6. The quantitative estimate of drug-likeness (QED) is 0.0162. The number of rotatable bonds is 28. The molecule has 0 saturated heterocycles. The second-order valence-electron chi connectivity index (χ2n) is 23.3. The number of nitrogens with two attached hydrogens (primary N) is 2. The van der Waals surface area contributed by atoms with Crippen LogP contribution in [-0.2, 0) is 9.47 Å². The Labute approximate surface area is 715 Å². The maximum Gasteiger partial charge on any atom is 0.412 e. The van der Waals surface area contributed by atoms with Crippen LogP contribution in [0.3, 0.4) is 0 Å². The summed E-state index contributed by atoms with van der Waals surface area (Å²) >= 11 is 0. The molecule has 27 atom stereocenters. The van der Waals surface area contributed by atoms with E-state index in [1.54, 1.807) is 163 Å². The predicted octanol–water partition coefficient (Wildman–Crippen LogP) is 30.6. The van der Waals surface area contributed by atoms with Gasteiger partial charge in [0.15, 0.2) is 0 Å². The van der Waals surface area contributed by atoms with Crippen LogP contribution in [0, 0.1) is 0 Å². The number of carbonyl (C=O) groups excluding carboxylic acids is 7. The van der Waals surface area contributed by atoms with Crippen LogP contribution in [0.2, 0.25) is 0 Å². The monoisotopic (exact) mass is 2130 g/mol. The second kappa shape index (κ2) is 59.6. The van der Waals surface area contributed by atoms with Gasteiger partial charge in [0.2, 0.25) is 0 Å². The number of nitrogen functional groups attached to an aromatic ring is 1. The van der Waals surface area contributed by atoms with Crippen molar-refractivity contribution in [2.45, 2.75) is 75.0 Å². The minimum Gasteiger partial charge on any atom is -0.478 e. The number of hydrogen-bond donors (Lipinski definition) is 10. The van der Waals surface area contributed by atoms with E-state index in [2.05, 4.69) is 191 Å². The topological polar surface area (TPSA) is 311 Å². The average molecular weight is 2130 g/mol. The molecule has 111 heavy (non-hydrogen) atoms. The van der Waals surface area contributed by atoms with Crippen LogP contribution in [0.15, 0.2) is 146 Å². The molecule has 0 heterocycles. The number of amides is 7. The first-order chi connectivity index (χ1) is 50.4. The number of nitrogens with one attached hydrogen (secondary N) is 7. The van der Waals surface area contributed by atoms with E-state index in [1.807, 2.05) is 0 Å². The molecule has 6 aromatic carbocycles. The Kier molecular flexibility index (Phi) is 62.1. The summed E-state index contributed by atoms with van der Waals surface area (Å²) < 4.78 is 10.4. The van der Waals surface area contributed by atoms with Crippen LogP contribution in [0.25, 0.3) is 0 Å². The summed E-state index contributed by atoms with van der Waals surface area (Å²) in [6.45, 7) is 16.0. The van der Waals surface area contributed by atoms with Crippen molar-refractivity contribution in [2.75, 3.05) is 52.3 Å². The highest BCUT2D eigenvalue weighted by molar-refractivity contribution is 9.20. The summed E-state index contributed by atoms with van der Waals surface area (Å²) in [6.07, 6.45) is -1.13. The third-order valence-corrected chi connectivity index (χ3v) is 206. The Bertz CT molecular complexity index is 3840. The fraction of sp³-hybridized carbons (Fsp3) is 0.241. The Morgan fingerprint density at radius 3 is 0.766 bits per heavy atom. The number of anilines is 6. The Balaban J connectivity index is 0.00000151. The number of ether oxygens (including phenoxy) is 2. The number of hydrogen-bond acceptors (Lipinski definition) is 12. The summed E-state index contributed by atoms with van der Waals surface area (Å²) in [7, 11) is 45.8. The molecule has 0 aliphatic heterocycles. The van der Waals surface area contributed by atoms with Crippen molar-refractivity contribution in [1.29, 1.82) is 0 Å². The molecule has 0 saturated carbocycles. The van der Waals surface area contributed by atoms with Crippen molar-refractivity contribution < 1.29 is 52.9 Å². The van der Waals surface area contributed by atoms with Crippen LogP contribution in [0.4, 0.5) is 43.7 Å². The van der Waals surface area contributed by atoms with Gasteiger partial charge in [-0.25, -0.2) is 14.4 Å². The van der Waals surface area contributed by atoms with E-state index in [0.717, 1.165) is 23.9 Å². The fourth-order valence-corrected chi connectivity index (χ4v) is 304. The summed E-state index contributed by atoms with van der Waals surface area (Å²) in [4.78, 5) is 97.5. The largest absolute Gasteiger partial charge is 0.478 e. The zero-order valence-electron chi connectivity index (χ0n) is 59.9. The van der Waals surface area contributed by atoms with Crippen molar-refractivity contribution in [3.63, 3.8) is 0 Å². The first-order valence-corrected chi connectivity index (χ1v) is 90.8. The SMILES string of the molecule is C.C.C.CC(C)(C)OC(=O)Nc1ccc(C(=O)Nc2ccc(C(=O)O)cc2)cc1.CP(N)P(P(P)P)P(PP)P(P)P.CP(NC(=O)c1ccc(NC(=O)c2ccc(N)cc2)cc1)P(P(P)P)P(PP)P(P)P.CP(NC(=O)c1ccc(NC(=O)c2ccc(NC(=O)OC(C)(C)C)cc2)cc1)P(P(P)P)P(PP)P(P)P. The molecule has 0 fully saturated rings. The van der Waals surface area contributed by atoms with Crippen LogP contribution in [0.1, 0.15) is 126 Å². The van der Waals surface area contributed by atoms with Gasteiger partial charge in [0.25, 0.3) is 29.5 Å². The minimum absolute atomic E-state index is 0. The van der Waals surface area contributed by atoms with E-state index in [4.69, 9.17) is 25.8 Å². The van der Waals surface area contributed by atoms with E-state index < -0.39 is 44.9 Å². The van der Waals surface area contributed by atoms with Gasteiger partial charge in [0, 0.05) is 98.4 Å². The van der Waals surface area contributed by atoms with Crippen LogP contribution < -0.4 is 48.0 Å². The van der Waals surface area contributed by atoms with Crippen molar-refractivity contribution in [3.05, 3.63) is 179 Å². The summed E-state index contributed by atoms with van der Waals surface area (Å²) in [6, 6.07) is 39.3. The molecule has 27 unspecified atom stereocenters. The fourth-order valence-electron chi connectivity index (χ4n) is 7.90. The van der Waals surface area contributed by atoms with Gasteiger partial charge in [-0.15, -0.1) is 134 Å². The smallest absolute Gasteiger partial charge is 0.412 e. The lowest BCUT2D eigenvalue weighted by atomic mass is 10.1. The molecule has 6 aromatic rings. The molecule has 7 amide bonds. The van der Waals surface area contributed by atoms with Gasteiger partial charge in [0.05, 0.1) is 5.56 Å². The molecule has 12 N–H and O–H groups in total. The Hall–Kier alpha value is 4.63. The summed E-state index contributed by atoms with van der Waals surface area (Å²) in [5, 5.41) is 29.0. The molecular weight excluding hydrogens is 2020 g/mol. The number of carbonyl (C=O) groups is 8. The molecule has 0 aliphatic carbocycles. The molecule has 53 heteroatoms. The Morgan fingerprint density at radius 1 is 0.351 bits per heavy atom. The maximum atomic E-state index is 13.0. The normalized spacial score (nSPS) is 13.8. The van der Waals surface area contributed by atoms with Gasteiger partial charge in [-0.3, -0.25) is 34.6 Å². The predicted molar refractivity (Wildman–Crippen MR) is 585 cm³/mol. The van der Waals surface area contributed by atoms with Crippen molar-refractivity contribution >= 4 is 347 Å². The van der Waals surface area contributed by atoms with Crippen LogP contribution in [-0.4, -0.2) is 84.0 Å². The molecule has 6 rings (SSSR count). The second-order valence-corrected chi connectivity index (χ2v) is 145. The van der Waals surface area contributed by atoms with Gasteiger partial charge in [0.1, 0.15) is 11.2 Å². The number of aromatic carboxylic acids is 1. The lowest BCUT2D eigenvalue weighted by molar-refractivity contribution is 0.0624. The number of carboxylic acids is 1. The standard InChI is InChI=1S/C20H34N3O4P11.C19H20N2O5.C15H26N3O2P11.CH16NP11.3CH4/c1-20(2,3)27-19(26)22-16-11-5-13(6-12-16)17(24)21-15-9-7-14(8-10-15)18(25)23-34(4)38(36(31)32)37(33-28)35(29)30;1-19(2,3)26-18(25)21-15-8-4-12(5-9-15)16(22)20-14-10-6-13(7-11-14)17(23)24;1-27(31(29(24)25)30(26-21)28(22)23)18-15(20)11-4-8-13(9-5-11)17-14(19)10-2-6-12(16)7-3-10;1-9(2)13(11(6)7)12(8-3)10(4)5;;;/h5-12,33H,28-32H2,1-4H3,(H,21,24)(H,22,26)(H,23,25);4-11H,1-3H3,(H,20,22)(H,21,25)(H,23,24);2-9,26H,16,21-25H2,1H3,(H,17,19)(H,18,20);8H,2-7H2,1H3;3*1H4. The van der Waals surface area contributed by atoms with Gasteiger partial charge in [-0.2, -0.15) is 0 Å². The first-order valence-electron chi connectivity index (χ1n) is 30.5. The van der Waals surface area contributed by atoms with Crippen molar-refractivity contribution in [2.24, 2.45) is 5.50 Å². The zero-order chi connectivity index (χ0) is 81.7. The first kappa shape index (κ1) is 116. The van der Waals surface area contributed by atoms with Crippen LogP contribution in [0.5, 0.6) is 0 Å². The van der Waals surface area contributed by atoms with Gasteiger partial charge in [-0.05, 0) is 278 Å². The van der Waals surface area contributed by atoms with Gasteiger partial charge < -0.3 is 51.9 Å². The van der Waals surface area contributed by atoms with E-state index in [1.165, 1.54) is 24.3 Å². The molecular formula is C58H108N9O11P33. The molecule has 0 aromatic heterocycles. The molecule has 0 spiro atoms. The molecule has 0 aliphatic rings. The van der Waals surface area contributed by atoms with Gasteiger partial charge in [-0.1, -0.05) is 46.2 Å². The maximum absolute atomic E-state index is 13.0. The highest BCUT2D eigenvalue weighted by atomic mass is 33.2. The minimum atomic E-state index is -1.03. The lowest BCUT2D eigenvalue weighted by Crippen LogP contribution is -2.27. The number of carboxylic acid groups (broad SMARTS) is 1. The molecule has 0 radical (unpaired) electrons. The molecule has 20 nitrogen and oxygen atoms in total. The van der Waals surface area contributed by atoms with Crippen molar-refractivity contribution in [1.82, 2.24) is 10.2 Å². The molecule has 0 bridgehead atoms. The Morgan fingerprint density at radius 2 is 0.568 bits per heavy atom. The summed E-state index contributed by atoms with van der Waals surface area (Å²) in [5.74, 6) is -2.02. The van der Waals surface area contributed by atoms with E-state index in [-0.39, 0.29) is 149 Å². The lowest BCUT2D eigenvalue weighted by Gasteiger charge is -2.36. The van der Waals surface area contributed by atoms with Crippen LogP contribution >= 0.6 is 265 Å². The highest BCUT2D eigenvalue weighted by Gasteiger charge is 2.35. The van der Waals surface area contributed by atoms with E-state index in [0.29, 0.717) is 61.9 Å². The third-order valence-electron chi connectivity index (χ3n) is 12.4. The average Bonchev–Trinajstić information content (AvgIpc) is 0.849. The van der Waals surface area contributed by atoms with E-state index in [9.17, 15) is 38.4 Å². The highest BCUT2D eigenvalue weighted by Crippen LogP contribution is 3.17. The zero-order valence-corrected chi connectivity index (χ0v) is 93.6.